The van der Waals surface area contributed by atoms with Gasteiger partial charge in [0.2, 0.25) is 5.91 Å². The molecule has 0 unspecified atom stereocenters. The molecule has 1 amide bonds. The van der Waals surface area contributed by atoms with Crippen molar-refractivity contribution in [1.82, 2.24) is 19.8 Å². The van der Waals surface area contributed by atoms with Gasteiger partial charge in [-0.2, -0.15) is 0 Å². The number of nitrogens with zero attached hydrogens (tertiary/aromatic N) is 3. The molecule has 7 heteroatoms. The first-order valence-electron chi connectivity index (χ1n) is 9.98. The molecule has 4 rings (SSSR count). The summed E-state index contributed by atoms with van der Waals surface area (Å²) >= 11 is 0. The summed E-state index contributed by atoms with van der Waals surface area (Å²) in [6, 6.07) is 12.1. The van der Waals surface area contributed by atoms with Crippen LogP contribution in [0.15, 0.2) is 48.7 Å². The monoisotopic (exact) mass is 396 g/mol. The van der Waals surface area contributed by atoms with Gasteiger partial charge in [0, 0.05) is 31.2 Å². The van der Waals surface area contributed by atoms with Crippen molar-refractivity contribution in [2.75, 3.05) is 39.4 Å². The molecule has 152 valence electrons. The molecule has 0 atom stereocenters. The standard InChI is InChI=1S/C22H25FN4O2/c23-19-6-4-17(5-7-19)20-15-18-3-1-8-25-22(18)27(20)16-21(28)24-9-2-10-26-11-13-29-14-12-26/h1,3-8,15H,2,9-14,16H2,(H,24,28). The molecule has 3 aromatic rings. The molecule has 1 N–H and O–H groups in total. The van der Waals surface area contributed by atoms with E-state index in [0.717, 1.165) is 61.6 Å². The highest BCUT2D eigenvalue weighted by Crippen LogP contribution is 2.27. The predicted molar refractivity (Wildman–Crippen MR) is 110 cm³/mol. The topological polar surface area (TPSA) is 59.4 Å². The lowest BCUT2D eigenvalue weighted by Gasteiger charge is -2.26. The maximum atomic E-state index is 13.3. The zero-order valence-electron chi connectivity index (χ0n) is 16.3. The second-order valence-corrected chi connectivity index (χ2v) is 7.20. The Morgan fingerprint density at radius 1 is 1.17 bits per heavy atom. The first-order chi connectivity index (χ1) is 14.2. The summed E-state index contributed by atoms with van der Waals surface area (Å²) in [5.74, 6) is -0.342. The van der Waals surface area contributed by atoms with Crippen LogP contribution in [0.5, 0.6) is 0 Å². The Morgan fingerprint density at radius 2 is 1.97 bits per heavy atom. The SMILES string of the molecule is O=C(Cn1c(-c2ccc(F)cc2)cc2cccnc21)NCCCN1CCOCC1. The van der Waals surface area contributed by atoms with Gasteiger partial charge < -0.3 is 14.6 Å². The Labute approximate surface area is 169 Å². The van der Waals surface area contributed by atoms with E-state index in [2.05, 4.69) is 15.2 Å². The summed E-state index contributed by atoms with van der Waals surface area (Å²) in [6.07, 6.45) is 2.62. The number of ether oxygens (including phenoxy) is 1. The fraction of sp³-hybridized carbons (Fsp3) is 0.364. The zero-order valence-corrected chi connectivity index (χ0v) is 16.3. The van der Waals surface area contributed by atoms with Crippen molar-refractivity contribution in [2.24, 2.45) is 0 Å². The summed E-state index contributed by atoms with van der Waals surface area (Å²) in [4.78, 5) is 19.4. The van der Waals surface area contributed by atoms with Crippen LogP contribution < -0.4 is 5.32 Å². The van der Waals surface area contributed by atoms with Gasteiger partial charge >= 0.3 is 0 Å². The minimum Gasteiger partial charge on any atom is -0.379 e. The van der Waals surface area contributed by atoms with Gasteiger partial charge in [-0.1, -0.05) is 0 Å². The molecule has 3 heterocycles. The van der Waals surface area contributed by atoms with Crippen LogP contribution in [0.2, 0.25) is 0 Å². The molecule has 1 fully saturated rings. The molecule has 1 aliphatic rings. The van der Waals surface area contributed by atoms with Crippen molar-refractivity contribution in [1.29, 1.82) is 0 Å². The van der Waals surface area contributed by atoms with Gasteiger partial charge in [0.05, 0.1) is 18.9 Å². The minimum absolute atomic E-state index is 0.0570. The van der Waals surface area contributed by atoms with Crippen LogP contribution in [-0.4, -0.2) is 59.8 Å². The first-order valence-corrected chi connectivity index (χ1v) is 9.98. The average molecular weight is 396 g/mol. The quantitative estimate of drug-likeness (QED) is 0.624. The minimum atomic E-state index is -0.285. The van der Waals surface area contributed by atoms with Gasteiger partial charge in [-0.3, -0.25) is 9.69 Å². The van der Waals surface area contributed by atoms with Crippen molar-refractivity contribution in [3.63, 3.8) is 0 Å². The molecule has 0 spiro atoms. The lowest BCUT2D eigenvalue weighted by atomic mass is 10.1. The lowest BCUT2D eigenvalue weighted by Crippen LogP contribution is -2.38. The maximum Gasteiger partial charge on any atom is 0.240 e. The van der Waals surface area contributed by atoms with Gasteiger partial charge in [0.25, 0.3) is 0 Å². The largest absolute Gasteiger partial charge is 0.379 e. The molecule has 29 heavy (non-hydrogen) atoms. The van der Waals surface area contributed by atoms with E-state index in [4.69, 9.17) is 4.74 Å². The van der Waals surface area contributed by atoms with Crippen molar-refractivity contribution in [2.45, 2.75) is 13.0 Å². The number of aromatic nitrogens is 2. The van der Waals surface area contributed by atoms with Gasteiger partial charge in [-0.15, -0.1) is 0 Å². The molecular weight excluding hydrogens is 371 g/mol. The summed E-state index contributed by atoms with van der Waals surface area (Å²) in [6.45, 7) is 5.24. The number of fused-ring (bicyclic) bond motifs is 1. The van der Waals surface area contributed by atoms with Gasteiger partial charge in [0.15, 0.2) is 0 Å². The number of rotatable bonds is 7. The van der Waals surface area contributed by atoms with Crippen LogP contribution in [0.25, 0.3) is 22.3 Å². The Bertz CT molecular complexity index is 965. The molecule has 1 aromatic carbocycles. The number of hydrogen-bond donors (Lipinski definition) is 1. The van der Waals surface area contributed by atoms with Crippen molar-refractivity contribution >= 4 is 16.9 Å². The average Bonchev–Trinajstić information content (AvgIpc) is 3.11. The molecule has 6 nitrogen and oxygen atoms in total. The highest BCUT2D eigenvalue weighted by Gasteiger charge is 2.15. The molecule has 0 radical (unpaired) electrons. The Kier molecular flexibility index (Phi) is 6.17. The Hall–Kier alpha value is -2.77. The van der Waals surface area contributed by atoms with E-state index in [9.17, 15) is 9.18 Å². The van der Waals surface area contributed by atoms with Gasteiger partial charge in [0.1, 0.15) is 18.0 Å². The summed E-state index contributed by atoms with van der Waals surface area (Å²) in [5, 5.41) is 3.96. The fourth-order valence-electron chi connectivity index (χ4n) is 3.66. The molecule has 0 aliphatic carbocycles. The molecule has 1 aliphatic heterocycles. The third-order valence-corrected chi connectivity index (χ3v) is 5.17. The highest BCUT2D eigenvalue weighted by molar-refractivity contribution is 5.87. The van der Waals surface area contributed by atoms with E-state index < -0.39 is 0 Å². The molecule has 0 bridgehead atoms. The van der Waals surface area contributed by atoms with Crippen LogP contribution in [-0.2, 0) is 16.1 Å². The zero-order chi connectivity index (χ0) is 20.1. The number of amides is 1. The maximum absolute atomic E-state index is 13.3. The van der Waals surface area contributed by atoms with E-state index in [1.807, 2.05) is 22.8 Å². The molecule has 1 saturated heterocycles. The van der Waals surface area contributed by atoms with E-state index in [1.165, 1.54) is 12.1 Å². The molecule has 0 saturated carbocycles. The number of hydrogen-bond acceptors (Lipinski definition) is 4. The lowest BCUT2D eigenvalue weighted by molar-refractivity contribution is -0.121. The van der Waals surface area contributed by atoms with Crippen molar-refractivity contribution in [3.8, 4) is 11.3 Å². The van der Waals surface area contributed by atoms with Crippen LogP contribution in [0.3, 0.4) is 0 Å². The van der Waals surface area contributed by atoms with Crippen LogP contribution in [0.1, 0.15) is 6.42 Å². The number of benzene rings is 1. The summed E-state index contributed by atoms with van der Waals surface area (Å²) in [7, 11) is 0. The van der Waals surface area contributed by atoms with Crippen LogP contribution in [0.4, 0.5) is 4.39 Å². The summed E-state index contributed by atoms with van der Waals surface area (Å²) < 4.78 is 20.6. The van der Waals surface area contributed by atoms with E-state index in [-0.39, 0.29) is 18.3 Å². The summed E-state index contributed by atoms with van der Waals surface area (Å²) in [5.41, 5.74) is 2.45. The van der Waals surface area contributed by atoms with Crippen LogP contribution in [0, 0.1) is 5.82 Å². The smallest absolute Gasteiger partial charge is 0.240 e. The number of pyridine rings is 1. The highest BCUT2D eigenvalue weighted by atomic mass is 19.1. The second kappa shape index (κ2) is 9.15. The first kappa shape index (κ1) is 19.5. The number of carbonyl (C=O) groups excluding carboxylic acids is 1. The van der Waals surface area contributed by atoms with E-state index in [1.54, 1.807) is 18.3 Å². The second-order valence-electron chi connectivity index (χ2n) is 7.20. The van der Waals surface area contributed by atoms with E-state index in [0.29, 0.717) is 6.54 Å². The molecule has 2 aromatic heterocycles. The van der Waals surface area contributed by atoms with Crippen molar-refractivity contribution in [3.05, 3.63) is 54.5 Å². The van der Waals surface area contributed by atoms with Gasteiger partial charge in [-0.25, -0.2) is 9.37 Å². The third kappa shape index (κ3) is 4.81. The van der Waals surface area contributed by atoms with Crippen LogP contribution >= 0.6 is 0 Å². The number of halogens is 1. The van der Waals surface area contributed by atoms with E-state index >= 15 is 0 Å². The molecular formula is C22H25FN4O2. The number of carbonyl (C=O) groups is 1. The predicted octanol–water partition coefficient (Wildman–Crippen LogP) is 2.68. The number of nitrogens with one attached hydrogen (secondary N) is 1. The fourth-order valence-corrected chi connectivity index (χ4v) is 3.66. The Balaban J connectivity index is 1.43. The number of morpholine rings is 1. The van der Waals surface area contributed by atoms with Gasteiger partial charge in [-0.05, 0) is 61.0 Å². The normalized spacial score (nSPS) is 14.9. The van der Waals surface area contributed by atoms with Crippen molar-refractivity contribution < 1.29 is 13.9 Å². The Morgan fingerprint density at radius 3 is 2.76 bits per heavy atom. The third-order valence-electron chi connectivity index (χ3n) is 5.17.